The van der Waals surface area contributed by atoms with Crippen LogP contribution in [0, 0.1) is 17.8 Å². The van der Waals surface area contributed by atoms with E-state index >= 15 is 0 Å². The normalized spacial score (nSPS) is 27.8. The fourth-order valence-corrected chi connectivity index (χ4v) is 4.54. The Morgan fingerprint density at radius 2 is 2.14 bits per heavy atom. The molecular formula is C23H40N2O3. The van der Waals surface area contributed by atoms with E-state index < -0.39 is 0 Å². The second kappa shape index (κ2) is 11.7. The number of carbonyl (C=O) groups is 1. The molecule has 3 N–H and O–H groups in total. The molecule has 0 aromatic heterocycles. The van der Waals surface area contributed by atoms with E-state index in [1.165, 1.54) is 5.57 Å². The van der Waals surface area contributed by atoms with Crippen molar-refractivity contribution >= 4 is 5.91 Å². The highest BCUT2D eigenvalue weighted by Gasteiger charge is 2.43. The van der Waals surface area contributed by atoms with Gasteiger partial charge in [-0.25, -0.2) is 0 Å². The van der Waals surface area contributed by atoms with Crippen LogP contribution in [0.4, 0.5) is 0 Å². The van der Waals surface area contributed by atoms with E-state index in [-0.39, 0.29) is 24.0 Å². The van der Waals surface area contributed by atoms with Crippen LogP contribution in [0.2, 0.25) is 0 Å². The average molecular weight is 393 g/mol. The predicted octanol–water partition coefficient (Wildman–Crippen LogP) is 2.89. The molecule has 0 aromatic carbocycles. The van der Waals surface area contributed by atoms with Crippen LogP contribution in [-0.2, 0) is 4.79 Å². The summed E-state index contributed by atoms with van der Waals surface area (Å²) in [5.74, 6) is 1.25. The van der Waals surface area contributed by atoms with Crippen molar-refractivity contribution < 1.29 is 15.0 Å². The summed E-state index contributed by atoms with van der Waals surface area (Å²) in [5, 5.41) is 23.9. The molecule has 0 aromatic rings. The Hall–Kier alpha value is -1.17. The van der Waals surface area contributed by atoms with Crippen molar-refractivity contribution in [3.63, 3.8) is 0 Å². The number of nitrogens with one attached hydrogen (secondary N) is 1. The lowest BCUT2D eigenvalue weighted by atomic mass is 9.88. The maximum atomic E-state index is 11.6. The number of carbonyl (C=O) groups excluding carboxylic acids is 1. The van der Waals surface area contributed by atoms with Crippen LogP contribution in [0.15, 0.2) is 23.8 Å². The van der Waals surface area contributed by atoms with E-state index in [0.29, 0.717) is 18.3 Å². The van der Waals surface area contributed by atoms with Crippen LogP contribution < -0.4 is 5.32 Å². The van der Waals surface area contributed by atoms with Gasteiger partial charge in [0.1, 0.15) is 0 Å². The first kappa shape index (κ1) is 23.1. The van der Waals surface area contributed by atoms with Crippen LogP contribution in [0.25, 0.3) is 0 Å². The molecule has 1 amide bonds. The highest BCUT2D eigenvalue weighted by atomic mass is 16.3. The van der Waals surface area contributed by atoms with Crippen molar-refractivity contribution in [2.24, 2.45) is 17.8 Å². The second-order valence-electron chi connectivity index (χ2n) is 8.72. The van der Waals surface area contributed by atoms with Crippen LogP contribution in [0.1, 0.15) is 58.3 Å². The minimum Gasteiger partial charge on any atom is -0.392 e. The molecule has 0 unspecified atom stereocenters. The monoisotopic (exact) mass is 392 g/mol. The molecule has 0 saturated heterocycles. The Balaban J connectivity index is 1.72. The standard InChI is InChI=1S/C23H40N2O3/c1-4-5-6-7-19(26)8-9-20-21-15-17(14-18(21)16-22(20)27)10-12-24-13-11-23(28)25(2)3/h8-9,14,18-22,24,26-27H,4-7,10-13,15-16H2,1-3H3/b9-8+/t18-,19-,20+,21-,22+/m0/s1. The van der Waals surface area contributed by atoms with Crippen LogP contribution in [0.3, 0.4) is 0 Å². The van der Waals surface area contributed by atoms with Crippen molar-refractivity contribution in [2.75, 3.05) is 27.2 Å². The summed E-state index contributed by atoms with van der Waals surface area (Å²) in [5.41, 5.74) is 1.47. The largest absolute Gasteiger partial charge is 0.392 e. The van der Waals surface area contributed by atoms with Gasteiger partial charge in [-0.1, -0.05) is 50.0 Å². The summed E-state index contributed by atoms with van der Waals surface area (Å²) < 4.78 is 0. The predicted molar refractivity (Wildman–Crippen MR) is 114 cm³/mol. The number of rotatable bonds is 12. The third-order valence-corrected chi connectivity index (χ3v) is 6.25. The summed E-state index contributed by atoms with van der Waals surface area (Å²) in [6, 6.07) is 0. The van der Waals surface area contributed by atoms with Gasteiger partial charge in [0, 0.05) is 33.0 Å². The van der Waals surface area contributed by atoms with Gasteiger partial charge in [0.25, 0.3) is 0 Å². The third kappa shape index (κ3) is 7.02. The van der Waals surface area contributed by atoms with Gasteiger partial charge in [0.2, 0.25) is 5.91 Å². The Bertz CT molecular complexity index is 544. The maximum absolute atomic E-state index is 11.6. The Morgan fingerprint density at radius 1 is 1.36 bits per heavy atom. The summed E-state index contributed by atoms with van der Waals surface area (Å²) in [6.07, 6.45) is 13.3. The molecule has 0 aliphatic heterocycles. The van der Waals surface area contributed by atoms with E-state index in [1.54, 1.807) is 19.0 Å². The number of aliphatic hydroxyl groups is 2. The molecule has 28 heavy (non-hydrogen) atoms. The lowest BCUT2D eigenvalue weighted by Gasteiger charge is -2.19. The molecule has 0 bridgehead atoms. The number of fused-ring (bicyclic) bond motifs is 1. The molecule has 160 valence electrons. The summed E-state index contributed by atoms with van der Waals surface area (Å²) in [7, 11) is 3.57. The number of aliphatic hydroxyl groups excluding tert-OH is 2. The molecule has 2 aliphatic rings. The molecule has 0 heterocycles. The van der Waals surface area contributed by atoms with E-state index in [9.17, 15) is 15.0 Å². The third-order valence-electron chi connectivity index (χ3n) is 6.25. The van der Waals surface area contributed by atoms with Crippen molar-refractivity contribution in [3.8, 4) is 0 Å². The van der Waals surface area contributed by atoms with Gasteiger partial charge >= 0.3 is 0 Å². The summed E-state index contributed by atoms with van der Waals surface area (Å²) >= 11 is 0. The fourth-order valence-electron chi connectivity index (χ4n) is 4.54. The van der Waals surface area contributed by atoms with Gasteiger partial charge in [-0.05, 0) is 44.1 Å². The number of allylic oxidation sites excluding steroid dienone is 1. The number of unbranched alkanes of at least 4 members (excludes halogenated alkanes) is 2. The first-order chi connectivity index (χ1) is 13.4. The minimum absolute atomic E-state index is 0.155. The number of amides is 1. The molecule has 0 radical (unpaired) electrons. The van der Waals surface area contributed by atoms with Gasteiger partial charge in [-0.15, -0.1) is 0 Å². The number of hydrogen-bond acceptors (Lipinski definition) is 4. The van der Waals surface area contributed by atoms with Gasteiger partial charge in [-0.3, -0.25) is 4.79 Å². The zero-order valence-corrected chi connectivity index (χ0v) is 17.9. The molecular weight excluding hydrogens is 352 g/mol. The van der Waals surface area contributed by atoms with E-state index in [2.05, 4.69) is 24.4 Å². The molecule has 2 rings (SSSR count). The number of nitrogens with zero attached hydrogens (tertiary/aromatic N) is 1. The van der Waals surface area contributed by atoms with E-state index in [0.717, 1.165) is 58.0 Å². The molecule has 5 heteroatoms. The SMILES string of the molecule is CCCCC[C@H](O)/C=C/[C@@H]1[C@H]2CC(CCNCCC(=O)N(C)C)=C[C@H]2C[C@H]1O. The summed E-state index contributed by atoms with van der Waals surface area (Å²) in [4.78, 5) is 13.2. The van der Waals surface area contributed by atoms with Crippen molar-refractivity contribution in [2.45, 2.75) is 70.5 Å². The lowest BCUT2D eigenvalue weighted by Crippen LogP contribution is -2.27. The Kier molecular flexibility index (Phi) is 9.69. The highest BCUT2D eigenvalue weighted by Crippen LogP contribution is 2.47. The second-order valence-corrected chi connectivity index (χ2v) is 8.72. The number of hydrogen-bond donors (Lipinski definition) is 3. The van der Waals surface area contributed by atoms with Crippen LogP contribution in [-0.4, -0.2) is 60.4 Å². The zero-order valence-electron chi connectivity index (χ0n) is 17.9. The molecule has 1 saturated carbocycles. The van der Waals surface area contributed by atoms with Gasteiger partial charge < -0.3 is 20.4 Å². The quantitative estimate of drug-likeness (QED) is 0.353. The van der Waals surface area contributed by atoms with Crippen molar-refractivity contribution in [1.82, 2.24) is 10.2 Å². The molecule has 5 atom stereocenters. The van der Waals surface area contributed by atoms with Crippen molar-refractivity contribution in [1.29, 1.82) is 0 Å². The molecule has 5 nitrogen and oxygen atoms in total. The Morgan fingerprint density at radius 3 is 2.86 bits per heavy atom. The smallest absolute Gasteiger partial charge is 0.223 e. The van der Waals surface area contributed by atoms with E-state index in [1.807, 2.05) is 6.08 Å². The van der Waals surface area contributed by atoms with Crippen molar-refractivity contribution in [3.05, 3.63) is 23.8 Å². The van der Waals surface area contributed by atoms with E-state index in [4.69, 9.17) is 0 Å². The molecule has 2 aliphatic carbocycles. The topological polar surface area (TPSA) is 72.8 Å². The average Bonchev–Trinajstić information content (AvgIpc) is 3.16. The molecule has 1 fully saturated rings. The first-order valence-corrected chi connectivity index (χ1v) is 11.1. The minimum atomic E-state index is -0.388. The lowest BCUT2D eigenvalue weighted by molar-refractivity contribution is -0.128. The maximum Gasteiger partial charge on any atom is 0.223 e. The highest BCUT2D eigenvalue weighted by molar-refractivity contribution is 5.75. The zero-order chi connectivity index (χ0) is 20.5. The summed E-state index contributed by atoms with van der Waals surface area (Å²) in [6.45, 7) is 3.78. The van der Waals surface area contributed by atoms with Gasteiger partial charge in [-0.2, -0.15) is 0 Å². The van der Waals surface area contributed by atoms with Gasteiger partial charge in [0.05, 0.1) is 12.2 Å². The fraction of sp³-hybridized carbons (Fsp3) is 0.783. The first-order valence-electron chi connectivity index (χ1n) is 11.1. The van der Waals surface area contributed by atoms with Crippen LogP contribution >= 0.6 is 0 Å². The van der Waals surface area contributed by atoms with Crippen LogP contribution in [0.5, 0.6) is 0 Å². The Labute approximate surface area is 170 Å². The molecule has 0 spiro atoms. The van der Waals surface area contributed by atoms with Gasteiger partial charge in [0.15, 0.2) is 0 Å².